The van der Waals surface area contributed by atoms with Gasteiger partial charge in [0.25, 0.3) is 0 Å². The van der Waals surface area contributed by atoms with Gasteiger partial charge in [0.15, 0.2) is 0 Å². The van der Waals surface area contributed by atoms with E-state index in [0.29, 0.717) is 0 Å². The smallest absolute Gasteiger partial charge is 0.0607 e. The highest BCUT2D eigenvalue weighted by molar-refractivity contribution is 5.74. The van der Waals surface area contributed by atoms with Crippen LogP contribution in [0, 0.1) is 0 Å². The Balaban J connectivity index is 2.14. The minimum absolute atomic E-state index is 0.204. The van der Waals surface area contributed by atoms with E-state index in [1.807, 2.05) is 12.4 Å². The monoisotopic (exact) mass is 186 g/mol. The molecule has 14 heavy (non-hydrogen) atoms. The van der Waals surface area contributed by atoms with Crippen molar-refractivity contribution in [1.82, 2.24) is 4.98 Å². The number of pyridine rings is 1. The van der Waals surface area contributed by atoms with Crippen molar-refractivity contribution in [2.24, 2.45) is 0 Å². The molecule has 2 heteroatoms. The first-order valence-electron chi connectivity index (χ1n) is 5.21. The molecule has 2 nitrogen and oxygen atoms in total. The van der Waals surface area contributed by atoms with Gasteiger partial charge in [0, 0.05) is 11.8 Å². The second kappa shape index (κ2) is 2.59. The number of aromatic nitrogens is 1. The normalized spacial score (nSPS) is 28.8. The first-order chi connectivity index (χ1) is 6.78. The first kappa shape index (κ1) is 8.04. The molecule has 1 unspecified atom stereocenters. The third-order valence-corrected chi connectivity index (χ3v) is 3.43. The molecular formula is C12H14N2. The van der Waals surface area contributed by atoms with Gasteiger partial charge in [0.05, 0.1) is 17.4 Å². The van der Waals surface area contributed by atoms with E-state index in [-0.39, 0.29) is 5.54 Å². The third-order valence-electron chi connectivity index (χ3n) is 3.43. The Morgan fingerprint density at radius 2 is 2.43 bits per heavy atom. The van der Waals surface area contributed by atoms with Crippen LogP contribution in [-0.2, 0) is 0 Å². The summed E-state index contributed by atoms with van der Waals surface area (Å²) in [5.41, 5.74) is 4.22. The molecule has 0 aromatic carbocycles. The van der Waals surface area contributed by atoms with Crippen LogP contribution < -0.4 is 5.32 Å². The number of nitrogens with zero attached hydrogens (tertiary/aromatic N) is 1. The Labute approximate surface area is 84.1 Å². The van der Waals surface area contributed by atoms with Crippen LogP contribution in [-0.4, -0.2) is 10.5 Å². The second-order valence-electron chi connectivity index (χ2n) is 4.44. The molecule has 1 aromatic rings. The van der Waals surface area contributed by atoms with Crippen molar-refractivity contribution in [1.29, 1.82) is 0 Å². The summed E-state index contributed by atoms with van der Waals surface area (Å²) in [6.07, 6.45) is 9.90. The highest BCUT2D eigenvalue weighted by Crippen LogP contribution is 2.42. The standard InChI is InChI=1S/C12H14N2/c1-12-5-2-3-10(12)7-9-4-6-13-8-11(9)14-12/h4,6-8,14H,2-3,5H2,1H3. The number of hydrogen-bond acceptors (Lipinski definition) is 2. The predicted octanol–water partition coefficient (Wildman–Crippen LogP) is 2.83. The van der Waals surface area contributed by atoms with E-state index in [1.54, 1.807) is 5.57 Å². The lowest BCUT2D eigenvalue weighted by Crippen LogP contribution is -2.35. The molecule has 0 amide bonds. The van der Waals surface area contributed by atoms with Gasteiger partial charge in [0.2, 0.25) is 0 Å². The van der Waals surface area contributed by atoms with Crippen LogP contribution in [0.3, 0.4) is 0 Å². The van der Waals surface area contributed by atoms with Gasteiger partial charge >= 0.3 is 0 Å². The fraction of sp³-hybridized carbons (Fsp3) is 0.417. The maximum absolute atomic E-state index is 4.15. The van der Waals surface area contributed by atoms with Gasteiger partial charge in [-0.05, 0) is 37.8 Å². The fourth-order valence-electron chi connectivity index (χ4n) is 2.56. The van der Waals surface area contributed by atoms with E-state index >= 15 is 0 Å². The van der Waals surface area contributed by atoms with Crippen LogP contribution in [0.5, 0.6) is 0 Å². The van der Waals surface area contributed by atoms with Gasteiger partial charge in [-0.2, -0.15) is 0 Å². The Kier molecular flexibility index (Phi) is 1.49. The SMILES string of the molecule is CC12CCCC1=Cc1ccncc1N2. The molecule has 2 aliphatic rings. The lowest BCUT2D eigenvalue weighted by Gasteiger charge is -2.33. The second-order valence-corrected chi connectivity index (χ2v) is 4.44. The maximum atomic E-state index is 4.15. The first-order valence-corrected chi connectivity index (χ1v) is 5.21. The molecule has 1 atom stereocenters. The molecule has 0 spiro atoms. The van der Waals surface area contributed by atoms with Crippen molar-refractivity contribution in [3.05, 3.63) is 29.6 Å². The van der Waals surface area contributed by atoms with Gasteiger partial charge in [-0.15, -0.1) is 0 Å². The molecule has 2 heterocycles. The molecule has 72 valence electrons. The van der Waals surface area contributed by atoms with E-state index in [9.17, 15) is 0 Å². The molecule has 1 N–H and O–H groups in total. The summed E-state index contributed by atoms with van der Waals surface area (Å²) in [4.78, 5) is 4.15. The summed E-state index contributed by atoms with van der Waals surface area (Å²) in [7, 11) is 0. The number of anilines is 1. The molecule has 0 radical (unpaired) electrons. The Morgan fingerprint density at radius 3 is 3.36 bits per heavy atom. The zero-order valence-corrected chi connectivity index (χ0v) is 8.38. The summed E-state index contributed by atoms with van der Waals surface area (Å²) < 4.78 is 0. The summed E-state index contributed by atoms with van der Waals surface area (Å²) in [5.74, 6) is 0. The summed E-state index contributed by atoms with van der Waals surface area (Å²) in [6.45, 7) is 2.29. The van der Waals surface area contributed by atoms with E-state index in [4.69, 9.17) is 0 Å². The van der Waals surface area contributed by atoms with Gasteiger partial charge in [-0.25, -0.2) is 0 Å². The summed E-state index contributed by atoms with van der Waals surface area (Å²) in [5, 5.41) is 3.60. The zero-order chi connectivity index (χ0) is 9.60. The molecular weight excluding hydrogens is 172 g/mol. The van der Waals surface area contributed by atoms with Crippen LogP contribution in [0.2, 0.25) is 0 Å². The van der Waals surface area contributed by atoms with Gasteiger partial charge in [-0.3, -0.25) is 4.98 Å². The molecule has 0 saturated heterocycles. The van der Waals surface area contributed by atoms with Crippen molar-refractivity contribution in [3.8, 4) is 0 Å². The zero-order valence-electron chi connectivity index (χ0n) is 8.38. The van der Waals surface area contributed by atoms with Gasteiger partial charge < -0.3 is 5.32 Å². The van der Waals surface area contributed by atoms with Gasteiger partial charge in [-0.1, -0.05) is 6.08 Å². The molecule has 1 aromatic heterocycles. The lowest BCUT2D eigenvalue weighted by molar-refractivity contribution is 0.610. The van der Waals surface area contributed by atoms with Crippen molar-refractivity contribution in [2.45, 2.75) is 31.7 Å². The molecule has 1 aliphatic carbocycles. The number of hydrogen-bond donors (Lipinski definition) is 1. The highest BCUT2D eigenvalue weighted by atomic mass is 15.0. The van der Waals surface area contributed by atoms with Crippen molar-refractivity contribution in [2.75, 3.05) is 5.32 Å². The van der Waals surface area contributed by atoms with E-state index in [1.165, 1.54) is 30.5 Å². The predicted molar refractivity (Wildman–Crippen MR) is 58.1 cm³/mol. The highest BCUT2D eigenvalue weighted by Gasteiger charge is 2.36. The molecule has 1 fully saturated rings. The topological polar surface area (TPSA) is 24.9 Å². The van der Waals surface area contributed by atoms with Crippen molar-refractivity contribution in [3.63, 3.8) is 0 Å². The van der Waals surface area contributed by atoms with Crippen LogP contribution in [0.1, 0.15) is 31.7 Å². The quantitative estimate of drug-likeness (QED) is 0.674. The van der Waals surface area contributed by atoms with Crippen LogP contribution in [0.25, 0.3) is 6.08 Å². The Bertz CT molecular complexity index is 409. The van der Waals surface area contributed by atoms with E-state index < -0.39 is 0 Å². The number of fused-ring (bicyclic) bond motifs is 2. The van der Waals surface area contributed by atoms with Crippen LogP contribution in [0.4, 0.5) is 5.69 Å². The van der Waals surface area contributed by atoms with Crippen LogP contribution in [0.15, 0.2) is 24.0 Å². The van der Waals surface area contributed by atoms with E-state index in [2.05, 4.69) is 29.4 Å². The van der Waals surface area contributed by atoms with Crippen molar-refractivity contribution >= 4 is 11.8 Å². The largest absolute Gasteiger partial charge is 0.374 e. The minimum atomic E-state index is 0.204. The fourth-order valence-corrected chi connectivity index (χ4v) is 2.56. The molecule has 0 bridgehead atoms. The third kappa shape index (κ3) is 0.999. The number of nitrogens with one attached hydrogen (secondary N) is 1. The summed E-state index contributed by atoms with van der Waals surface area (Å²) in [6, 6.07) is 2.08. The Hall–Kier alpha value is -1.31. The average molecular weight is 186 g/mol. The summed E-state index contributed by atoms with van der Waals surface area (Å²) >= 11 is 0. The molecule has 3 rings (SSSR count). The molecule has 1 saturated carbocycles. The van der Waals surface area contributed by atoms with E-state index in [0.717, 1.165) is 0 Å². The van der Waals surface area contributed by atoms with Crippen molar-refractivity contribution < 1.29 is 0 Å². The lowest BCUT2D eigenvalue weighted by atomic mass is 9.89. The van der Waals surface area contributed by atoms with Crippen LogP contribution >= 0.6 is 0 Å². The molecule has 1 aliphatic heterocycles. The van der Waals surface area contributed by atoms with Gasteiger partial charge in [0.1, 0.15) is 0 Å². The number of rotatable bonds is 0. The minimum Gasteiger partial charge on any atom is -0.374 e. The maximum Gasteiger partial charge on any atom is 0.0607 e. The Morgan fingerprint density at radius 1 is 1.50 bits per heavy atom. The average Bonchev–Trinajstić information content (AvgIpc) is 2.54.